The lowest BCUT2D eigenvalue weighted by Crippen LogP contribution is -2.09. The van der Waals surface area contributed by atoms with Gasteiger partial charge in [0.25, 0.3) is 20.2 Å². The number of hydrogen-bond donors (Lipinski definition) is 2. The Morgan fingerprint density at radius 1 is 0.727 bits per heavy atom. The molecule has 9 heteroatoms. The first-order valence-corrected chi connectivity index (χ1v) is 14.3. The fourth-order valence-electron chi connectivity index (χ4n) is 4.00. The lowest BCUT2D eigenvalue weighted by atomic mass is 9.88. The first-order chi connectivity index (χ1) is 15.6. The van der Waals surface area contributed by atoms with Crippen molar-refractivity contribution in [3.8, 4) is 11.5 Å². The van der Waals surface area contributed by atoms with Gasteiger partial charge in [-0.1, -0.05) is 83.1 Å². The Kier molecular flexibility index (Phi) is 10.3. The van der Waals surface area contributed by atoms with E-state index in [0.717, 1.165) is 38.5 Å². The van der Waals surface area contributed by atoms with Crippen molar-refractivity contribution >= 4 is 20.2 Å². The summed E-state index contributed by atoms with van der Waals surface area (Å²) in [7, 11) is -9.25. The molecule has 0 aromatic heterocycles. The third-order valence-electron chi connectivity index (χ3n) is 5.61. The molecule has 0 aliphatic carbocycles. The Labute approximate surface area is 197 Å². The Balaban J connectivity index is 2.47. The lowest BCUT2D eigenvalue weighted by Gasteiger charge is -2.22. The summed E-state index contributed by atoms with van der Waals surface area (Å²) in [6.45, 7) is 4.20. The van der Waals surface area contributed by atoms with Crippen molar-refractivity contribution in [3.05, 3.63) is 48.0 Å². The normalized spacial score (nSPS) is 13.1. The number of ether oxygens (including phenoxy) is 1. The summed E-state index contributed by atoms with van der Waals surface area (Å²) in [5.74, 6) is -0.358. The third kappa shape index (κ3) is 8.10. The van der Waals surface area contributed by atoms with E-state index in [4.69, 9.17) is 4.74 Å². The van der Waals surface area contributed by atoms with Crippen molar-refractivity contribution in [2.75, 3.05) is 0 Å². The van der Waals surface area contributed by atoms with Crippen LogP contribution in [-0.4, -0.2) is 25.9 Å². The Bertz CT molecular complexity index is 1110. The summed E-state index contributed by atoms with van der Waals surface area (Å²) in [6.07, 6.45) is 9.19. The molecule has 2 aromatic rings. The van der Waals surface area contributed by atoms with Gasteiger partial charge in [0.05, 0.1) is 0 Å². The van der Waals surface area contributed by atoms with Gasteiger partial charge in [-0.3, -0.25) is 9.11 Å². The molecule has 0 heterocycles. The second-order valence-electron chi connectivity index (χ2n) is 8.22. The summed E-state index contributed by atoms with van der Waals surface area (Å²) in [5, 5.41) is 0. The highest BCUT2D eigenvalue weighted by atomic mass is 32.2. The molecule has 0 amide bonds. The molecule has 0 saturated heterocycles. The van der Waals surface area contributed by atoms with Gasteiger partial charge in [0, 0.05) is 0 Å². The zero-order chi connectivity index (χ0) is 24.5. The molecule has 0 fully saturated rings. The van der Waals surface area contributed by atoms with Crippen LogP contribution in [0.1, 0.15) is 83.1 Å². The molecular weight excluding hydrogens is 464 g/mol. The molecule has 0 bridgehead atoms. The predicted octanol–water partition coefficient (Wildman–Crippen LogP) is 6.61. The summed E-state index contributed by atoms with van der Waals surface area (Å²) in [4.78, 5) is -0.918. The molecule has 0 aliphatic rings. The van der Waals surface area contributed by atoms with E-state index >= 15 is 0 Å². The van der Waals surface area contributed by atoms with E-state index in [1.807, 2.05) is 6.92 Å². The molecule has 33 heavy (non-hydrogen) atoms. The van der Waals surface area contributed by atoms with E-state index in [1.165, 1.54) is 49.6 Å². The van der Waals surface area contributed by atoms with E-state index < -0.39 is 30.0 Å². The first kappa shape index (κ1) is 27.3. The third-order valence-corrected chi connectivity index (χ3v) is 7.38. The predicted molar refractivity (Wildman–Crippen MR) is 128 cm³/mol. The SMILES string of the molecule is CCCCCCCCC(CCC)c1cccc(S(=O)(=O)O)c1Oc1ccccc1S(=O)(=O)O. The lowest BCUT2D eigenvalue weighted by molar-refractivity contribution is 0.418. The molecule has 0 radical (unpaired) electrons. The minimum absolute atomic E-state index is 0.0317. The molecule has 0 aliphatic heterocycles. The van der Waals surface area contributed by atoms with Crippen LogP contribution in [0.3, 0.4) is 0 Å². The van der Waals surface area contributed by atoms with E-state index in [-0.39, 0.29) is 17.4 Å². The smallest absolute Gasteiger partial charge is 0.298 e. The average Bonchev–Trinajstić information content (AvgIpc) is 2.74. The summed E-state index contributed by atoms with van der Waals surface area (Å²) < 4.78 is 73.1. The molecule has 2 N–H and O–H groups in total. The maximum absolute atomic E-state index is 12.1. The van der Waals surface area contributed by atoms with E-state index in [9.17, 15) is 25.9 Å². The largest absolute Gasteiger partial charge is 0.454 e. The van der Waals surface area contributed by atoms with Crippen molar-refractivity contribution in [3.63, 3.8) is 0 Å². The first-order valence-electron chi connectivity index (χ1n) is 11.4. The highest BCUT2D eigenvalue weighted by molar-refractivity contribution is 7.86. The molecule has 2 rings (SSSR count). The van der Waals surface area contributed by atoms with Gasteiger partial charge in [-0.25, -0.2) is 0 Å². The minimum atomic E-state index is -4.65. The number of hydrogen-bond acceptors (Lipinski definition) is 5. The van der Waals surface area contributed by atoms with Crippen LogP contribution in [0.4, 0.5) is 0 Å². The van der Waals surface area contributed by atoms with Crippen LogP contribution in [0.2, 0.25) is 0 Å². The van der Waals surface area contributed by atoms with Crippen molar-refractivity contribution in [1.29, 1.82) is 0 Å². The van der Waals surface area contributed by atoms with Gasteiger partial charge in [0.2, 0.25) is 0 Å². The maximum Gasteiger partial charge on any atom is 0.298 e. The van der Waals surface area contributed by atoms with Gasteiger partial charge in [-0.15, -0.1) is 0 Å². The topological polar surface area (TPSA) is 118 Å². The van der Waals surface area contributed by atoms with Gasteiger partial charge in [-0.05, 0) is 42.5 Å². The highest BCUT2D eigenvalue weighted by Crippen LogP contribution is 2.41. The number of benzene rings is 2. The molecule has 0 saturated carbocycles. The number of unbranched alkanes of at least 4 members (excludes halogenated alkanes) is 5. The van der Waals surface area contributed by atoms with Crippen LogP contribution in [0.25, 0.3) is 0 Å². The number of para-hydroxylation sites is 2. The molecule has 2 aromatic carbocycles. The quantitative estimate of drug-likeness (QED) is 0.222. The van der Waals surface area contributed by atoms with Crippen molar-refractivity contribution < 1.29 is 30.7 Å². The molecular formula is C24H34O7S2. The summed E-state index contributed by atoms with van der Waals surface area (Å²) in [6, 6.07) is 9.94. The molecule has 7 nitrogen and oxygen atoms in total. The van der Waals surface area contributed by atoms with Gasteiger partial charge in [-0.2, -0.15) is 16.8 Å². The van der Waals surface area contributed by atoms with E-state index in [2.05, 4.69) is 6.92 Å². The molecule has 184 valence electrons. The second-order valence-corrected chi connectivity index (χ2v) is 11.0. The van der Waals surface area contributed by atoms with E-state index in [1.54, 1.807) is 12.1 Å². The number of rotatable bonds is 14. The van der Waals surface area contributed by atoms with Crippen molar-refractivity contribution in [1.82, 2.24) is 0 Å². The van der Waals surface area contributed by atoms with Crippen LogP contribution in [-0.2, 0) is 20.2 Å². The van der Waals surface area contributed by atoms with E-state index in [0.29, 0.717) is 5.56 Å². The standard InChI is InChI=1S/C24H34O7S2/c1-3-5-6-7-8-9-14-19(13-4-2)20-15-12-18-23(33(28,29)30)24(20)31-21-16-10-11-17-22(21)32(25,26)27/h10-12,15-19H,3-9,13-14H2,1-2H3,(H,25,26,27)(H,28,29,30). The molecule has 0 spiro atoms. The summed E-state index contributed by atoms with van der Waals surface area (Å²) in [5.41, 5.74) is 0.589. The van der Waals surface area contributed by atoms with Gasteiger partial charge in [0.1, 0.15) is 15.5 Å². The highest BCUT2D eigenvalue weighted by Gasteiger charge is 2.26. The zero-order valence-electron chi connectivity index (χ0n) is 19.2. The second kappa shape index (κ2) is 12.5. The van der Waals surface area contributed by atoms with Crippen molar-refractivity contribution in [2.24, 2.45) is 0 Å². The van der Waals surface area contributed by atoms with Crippen LogP contribution < -0.4 is 4.74 Å². The fourth-order valence-corrected chi connectivity index (χ4v) is 5.26. The van der Waals surface area contributed by atoms with Crippen LogP contribution in [0.15, 0.2) is 52.3 Å². The molecule has 1 unspecified atom stereocenters. The molecule has 1 atom stereocenters. The fraction of sp³-hybridized carbons (Fsp3) is 0.500. The maximum atomic E-state index is 12.1. The Morgan fingerprint density at radius 3 is 1.97 bits per heavy atom. The summed E-state index contributed by atoms with van der Waals surface area (Å²) >= 11 is 0. The monoisotopic (exact) mass is 498 g/mol. The van der Waals surface area contributed by atoms with Crippen LogP contribution in [0.5, 0.6) is 11.5 Å². The van der Waals surface area contributed by atoms with Gasteiger partial charge in [0.15, 0.2) is 5.75 Å². The average molecular weight is 499 g/mol. The zero-order valence-corrected chi connectivity index (χ0v) is 20.9. The van der Waals surface area contributed by atoms with Crippen LogP contribution in [0, 0.1) is 0 Å². The van der Waals surface area contributed by atoms with Gasteiger partial charge < -0.3 is 4.74 Å². The van der Waals surface area contributed by atoms with Gasteiger partial charge >= 0.3 is 0 Å². The Hall–Kier alpha value is -1.94. The Morgan fingerprint density at radius 2 is 1.33 bits per heavy atom. The van der Waals surface area contributed by atoms with Crippen LogP contribution >= 0.6 is 0 Å². The minimum Gasteiger partial charge on any atom is -0.454 e. The van der Waals surface area contributed by atoms with Crippen molar-refractivity contribution in [2.45, 2.75) is 87.3 Å².